The Labute approximate surface area is 221 Å². The predicted octanol–water partition coefficient (Wildman–Crippen LogP) is 3.83. The fourth-order valence-electron chi connectivity index (χ4n) is 3.41. The highest BCUT2D eigenvalue weighted by Crippen LogP contribution is 2.38. The van der Waals surface area contributed by atoms with Gasteiger partial charge in [0.05, 0.1) is 26.4 Å². The third-order valence-electron chi connectivity index (χ3n) is 5.13. The predicted molar refractivity (Wildman–Crippen MR) is 149 cm³/mol. The van der Waals surface area contributed by atoms with E-state index in [9.17, 15) is 9.90 Å². The second-order valence-corrected chi connectivity index (χ2v) is 16.4. The molecule has 34 heavy (non-hydrogen) atoms. The highest BCUT2D eigenvalue weighted by molar-refractivity contribution is 8.47. The minimum Gasteiger partial charge on any atom is -0.377 e. The molecule has 0 aliphatic heterocycles. The number of carbonyl (C=O) groups excluding carboxylic acids is 1. The summed E-state index contributed by atoms with van der Waals surface area (Å²) in [6.07, 6.45) is 1.75. The van der Waals surface area contributed by atoms with Crippen molar-refractivity contribution in [1.82, 2.24) is 0 Å². The van der Waals surface area contributed by atoms with E-state index in [1.165, 1.54) is 23.5 Å². The van der Waals surface area contributed by atoms with Gasteiger partial charge in [-0.1, -0.05) is 44.2 Å². The van der Waals surface area contributed by atoms with Crippen molar-refractivity contribution in [1.29, 1.82) is 0 Å². The molecule has 0 spiro atoms. The Balaban J connectivity index is 4.98. The van der Waals surface area contributed by atoms with Crippen molar-refractivity contribution >= 4 is 54.0 Å². The van der Waals surface area contributed by atoms with Gasteiger partial charge in [0, 0.05) is 31.8 Å². The van der Waals surface area contributed by atoms with Crippen molar-refractivity contribution in [2.75, 3.05) is 47.8 Å². The van der Waals surface area contributed by atoms with E-state index in [4.69, 9.17) is 36.0 Å². The summed E-state index contributed by atoms with van der Waals surface area (Å²) in [6.45, 7) is 8.26. The first-order valence-corrected chi connectivity index (χ1v) is 15.8. The number of hydrogen-bond donors (Lipinski definition) is 2. The molecule has 0 fully saturated rings. The molecule has 0 aromatic heterocycles. The molecule has 3 N–H and O–H groups in total. The molecule has 0 bridgehead atoms. The lowest BCUT2D eigenvalue weighted by Crippen LogP contribution is -2.45. The van der Waals surface area contributed by atoms with Gasteiger partial charge >= 0.3 is 8.80 Å². The van der Waals surface area contributed by atoms with Gasteiger partial charge in [-0.15, -0.1) is 11.8 Å². The summed E-state index contributed by atoms with van der Waals surface area (Å²) in [5.41, 5.74) is 5.11. The van der Waals surface area contributed by atoms with Gasteiger partial charge in [0.15, 0.2) is 13.0 Å². The average Bonchev–Trinajstić information content (AvgIpc) is 2.72. The average molecular weight is 560 g/mol. The Bertz CT molecular complexity index is 620. The number of quaternary nitrogens is 1. The number of amides is 1. The zero-order valence-corrected chi connectivity index (χ0v) is 25.9. The quantitative estimate of drug-likeness (QED) is 0.0853. The number of rotatable bonds is 18. The largest absolute Gasteiger partial charge is 0.500 e. The molecule has 202 valence electrons. The third kappa shape index (κ3) is 13.5. The van der Waals surface area contributed by atoms with Crippen LogP contribution in [0.1, 0.15) is 53.4 Å². The maximum absolute atomic E-state index is 12.3. The Hall–Kier alpha value is 0.237. The monoisotopic (exact) mass is 559 g/mol. The number of carbonyl (C=O) groups is 1. The number of primary amides is 1. The van der Waals surface area contributed by atoms with Crippen LogP contribution in [0.25, 0.3) is 0 Å². The molecule has 0 aromatic rings. The molecule has 12 heteroatoms. The molecule has 0 radical (unpaired) electrons. The first-order valence-electron chi connectivity index (χ1n) is 11.6. The van der Waals surface area contributed by atoms with Crippen molar-refractivity contribution in [2.45, 2.75) is 77.1 Å². The van der Waals surface area contributed by atoms with Crippen molar-refractivity contribution in [2.24, 2.45) is 11.1 Å². The zero-order valence-electron chi connectivity index (χ0n) is 22.4. The van der Waals surface area contributed by atoms with Gasteiger partial charge in [-0.2, -0.15) is 0 Å². The Morgan fingerprint density at radius 2 is 1.82 bits per heavy atom. The lowest BCUT2D eigenvalue weighted by atomic mass is 9.80. The number of thiocarbonyl (C=S) groups is 1. The second-order valence-electron chi connectivity index (χ2n) is 10.0. The fourth-order valence-corrected chi connectivity index (χ4v) is 8.62. The summed E-state index contributed by atoms with van der Waals surface area (Å²) < 4.78 is 24.1. The smallest absolute Gasteiger partial charge is 0.377 e. The van der Waals surface area contributed by atoms with Gasteiger partial charge in [0.25, 0.3) is 0 Å². The van der Waals surface area contributed by atoms with E-state index < -0.39 is 31.7 Å². The van der Waals surface area contributed by atoms with E-state index in [1.807, 2.05) is 48.8 Å². The zero-order chi connectivity index (χ0) is 26.6. The summed E-state index contributed by atoms with van der Waals surface area (Å²) in [4.78, 5) is 12.3. The van der Waals surface area contributed by atoms with Crippen molar-refractivity contribution < 1.29 is 32.4 Å². The molecular formula is C22H47N2O6S3Si+. The van der Waals surface area contributed by atoms with E-state index in [-0.39, 0.29) is 6.10 Å². The van der Waals surface area contributed by atoms with Gasteiger partial charge in [-0.25, -0.2) is 0 Å². The van der Waals surface area contributed by atoms with Crippen LogP contribution in [-0.4, -0.2) is 93.3 Å². The van der Waals surface area contributed by atoms with Crippen LogP contribution in [0.5, 0.6) is 0 Å². The molecule has 0 saturated carbocycles. The van der Waals surface area contributed by atoms with E-state index in [2.05, 4.69) is 0 Å². The molecule has 0 aliphatic carbocycles. The van der Waals surface area contributed by atoms with E-state index in [0.717, 1.165) is 18.6 Å². The Morgan fingerprint density at radius 1 is 1.24 bits per heavy atom. The molecule has 8 nitrogen and oxygen atoms in total. The highest BCUT2D eigenvalue weighted by atomic mass is 32.2. The number of nitrogens with zero attached hydrogens (tertiary/aromatic N) is 1. The molecule has 3 unspecified atom stereocenters. The molecule has 1 amide bonds. The molecule has 0 aliphatic rings. The minimum atomic E-state index is -2.68. The third-order valence-corrected chi connectivity index (χ3v) is 11.1. The van der Waals surface area contributed by atoms with E-state index in [0.29, 0.717) is 33.6 Å². The summed E-state index contributed by atoms with van der Waals surface area (Å²) in [6, 6.07) is 0.683. The molecule has 3 atom stereocenters. The highest BCUT2D eigenvalue weighted by Gasteiger charge is 2.40. The van der Waals surface area contributed by atoms with Gasteiger partial charge in [0.1, 0.15) is 3.53 Å². The topological polar surface area (TPSA) is 100 Å². The SMILES string of the molecule is CCCC(C)(CC(SC(=S)SCCC[Si](OC)(OC)OC(C)C)C(N)=O)C(O)OC[N+](C)(C)C. The normalized spacial score (nSPS) is 16.3. The standard InChI is InChI=1S/C22H46N2O6S3Si/c1-10-12-22(4,20(26)29-16-24(5,6)7)15-18(19(23)25)33-21(31)32-13-11-14-34(27-8,28-9)30-17(2)3/h17-18,20,26H,10-16H2,1-9H3,(H-,23,25)/p+1. The summed E-state index contributed by atoms with van der Waals surface area (Å²) in [7, 11) is 6.52. The van der Waals surface area contributed by atoms with Crippen molar-refractivity contribution in [3.8, 4) is 0 Å². The molecule has 0 saturated heterocycles. The van der Waals surface area contributed by atoms with Crippen molar-refractivity contribution in [3.05, 3.63) is 0 Å². The maximum atomic E-state index is 12.3. The number of aliphatic hydroxyl groups excluding tert-OH is 1. The van der Waals surface area contributed by atoms with Crippen LogP contribution in [0.4, 0.5) is 0 Å². The van der Waals surface area contributed by atoms with Crippen LogP contribution in [0.2, 0.25) is 6.04 Å². The lowest BCUT2D eigenvalue weighted by Gasteiger charge is -2.37. The van der Waals surface area contributed by atoms with Gasteiger partial charge in [0.2, 0.25) is 5.91 Å². The summed E-state index contributed by atoms with van der Waals surface area (Å²) in [5.74, 6) is 0.312. The first-order chi connectivity index (χ1) is 15.6. The number of hydrogen-bond acceptors (Lipinski definition) is 9. The number of aliphatic hydroxyl groups is 1. The van der Waals surface area contributed by atoms with Gasteiger partial charge < -0.3 is 33.3 Å². The van der Waals surface area contributed by atoms with E-state index in [1.54, 1.807) is 14.2 Å². The lowest BCUT2D eigenvalue weighted by molar-refractivity contribution is -0.893. The first kappa shape index (κ1) is 34.2. The van der Waals surface area contributed by atoms with Gasteiger partial charge in [-0.05, 0) is 38.9 Å². The Morgan fingerprint density at radius 3 is 2.26 bits per heavy atom. The summed E-state index contributed by atoms with van der Waals surface area (Å²) in [5, 5.41) is 10.3. The van der Waals surface area contributed by atoms with Crippen LogP contribution in [0, 0.1) is 5.41 Å². The molecule has 0 rings (SSSR count). The summed E-state index contributed by atoms with van der Waals surface area (Å²) >= 11 is 8.35. The van der Waals surface area contributed by atoms with Crippen LogP contribution < -0.4 is 5.73 Å². The van der Waals surface area contributed by atoms with Crippen LogP contribution in [0.15, 0.2) is 0 Å². The fraction of sp³-hybridized carbons (Fsp3) is 0.909. The van der Waals surface area contributed by atoms with Crippen LogP contribution >= 0.6 is 35.7 Å². The van der Waals surface area contributed by atoms with Gasteiger partial charge in [-0.3, -0.25) is 4.79 Å². The Kier molecular flexibility index (Phi) is 16.3. The number of nitrogens with two attached hydrogens (primary N) is 1. The van der Waals surface area contributed by atoms with Crippen molar-refractivity contribution in [3.63, 3.8) is 0 Å². The molecular weight excluding hydrogens is 513 g/mol. The van der Waals surface area contributed by atoms with Crippen LogP contribution in [0.3, 0.4) is 0 Å². The molecule has 0 aromatic carbocycles. The van der Waals surface area contributed by atoms with Crippen LogP contribution in [-0.2, 0) is 22.8 Å². The molecule has 0 heterocycles. The number of thioether (sulfide) groups is 2. The minimum absolute atomic E-state index is 0.0197. The maximum Gasteiger partial charge on any atom is 0.500 e. The number of ether oxygens (including phenoxy) is 1. The van der Waals surface area contributed by atoms with E-state index >= 15 is 0 Å². The second kappa shape index (κ2) is 16.2.